The molecule has 0 aliphatic carbocycles. The van der Waals surface area contributed by atoms with Crippen LogP contribution in [0.4, 0.5) is 25.0 Å². The number of methoxy groups -OCH3 is 1. The highest BCUT2D eigenvalue weighted by atomic mass is 19.1. The number of amides is 2. The molecule has 0 radical (unpaired) electrons. The number of nitrogens with one attached hydrogen (secondary N) is 2. The number of anilines is 2. The van der Waals surface area contributed by atoms with E-state index in [1.807, 2.05) is 0 Å². The smallest absolute Gasteiger partial charge is 0.323 e. The van der Waals surface area contributed by atoms with E-state index in [1.165, 1.54) is 7.11 Å². The van der Waals surface area contributed by atoms with Crippen molar-refractivity contribution in [3.8, 4) is 5.75 Å². The Bertz CT molecular complexity index is 632. The van der Waals surface area contributed by atoms with E-state index in [9.17, 15) is 13.6 Å². The second-order valence-electron chi connectivity index (χ2n) is 3.94. The Morgan fingerprint density at radius 3 is 2.60 bits per heavy atom. The van der Waals surface area contributed by atoms with Gasteiger partial charge in [0, 0.05) is 17.8 Å². The summed E-state index contributed by atoms with van der Waals surface area (Å²) in [5.41, 5.74) is 0.385. The summed E-state index contributed by atoms with van der Waals surface area (Å²) in [7, 11) is 1.51. The number of rotatable bonds is 3. The third-order valence-electron chi connectivity index (χ3n) is 2.51. The first-order valence-corrected chi connectivity index (χ1v) is 5.75. The minimum atomic E-state index is -0.842. The van der Waals surface area contributed by atoms with Crippen molar-refractivity contribution in [2.75, 3.05) is 17.7 Å². The molecule has 2 aromatic carbocycles. The van der Waals surface area contributed by atoms with Gasteiger partial charge >= 0.3 is 6.03 Å². The highest BCUT2D eigenvalue weighted by Crippen LogP contribution is 2.18. The van der Waals surface area contributed by atoms with Crippen molar-refractivity contribution in [3.63, 3.8) is 0 Å². The maximum atomic E-state index is 13.4. The molecule has 104 valence electrons. The lowest BCUT2D eigenvalue weighted by atomic mass is 10.3. The van der Waals surface area contributed by atoms with Crippen LogP contribution in [0.15, 0.2) is 42.5 Å². The predicted molar refractivity (Wildman–Crippen MR) is 72.0 cm³/mol. The minimum absolute atomic E-state index is 0.105. The zero-order chi connectivity index (χ0) is 14.5. The van der Waals surface area contributed by atoms with Gasteiger partial charge in [-0.25, -0.2) is 13.6 Å². The molecule has 0 saturated carbocycles. The molecule has 2 rings (SSSR count). The van der Waals surface area contributed by atoms with Crippen LogP contribution < -0.4 is 15.4 Å². The average Bonchev–Trinajstić information content (AvgIpc) is 2.42. The molecule has 0 bridgehead atoms. The highest BCUT2D eigenvalue weighted by molar-refractivity contribution is 5.99. The molecule has 0 heterocycles. The number of carbonyl (C=O) groups excluding carboxylic acids is 1. The zero-order valence-electron chi connectivity index (χ0n) is 10.6. The molecule has 2 N–H and O–H groups in total. The van der Waals surface area contributed by atoms with Gasteiger partial charge in [-0.2, -0.15) is 0 Å². The second-order valence-corrected chi connectivity index (χ2v) is 3.94. The third-order valence-corrected chi connectivity index (χ3v) is 2.51. The van der Waals surface area contributed by atoms with E-state index < -0.39 is 17.7 Å². The largest absolute Gasteiger partial charge is 0.497 e. The summed E-state index contributed by atoms with van der Waals surface area (Å²) in [5.74, 6) is -0.970. The number of hydrogen-bond donors (Lipinski definition) is 2. The second kappa shape index (κ2) is 6.01. The third kappa shape index (κ3) is 3.44. The summed E-state index contributed by atoms with van der Waals surface area (Å²) in [5, 5.41) is 4.81. The van der Waals surface area contributed by atoms with Gasteiger partial charge in [-0.05, 0) is 24.3 Å². The van der Waals surface area contributed by atoms with Crippen LogP contribution in [0, 0.1) is 11.6 Å². The number of hydrogen-bond acceptors (Lipinski definition) is 2. The first-order valence-electron chi connectivity index (χ1n) is 5.75. The fraction of sp³-hybridized carbons (Fsp3) is 0.0714. The summed E-state index contributed by atoms with van der Waals surface area (Å²) in [6.45, 7) is 0. The van der Waals surface area contributed by atoms with Gasteiger partial charge in [0.2, 0.25) is 0 Å². The van der Waals surface area contributed by atoms with Crippen molar-refractivity contribution in [2.45, 2.75) is 0 Å². The van der Waals surface area contributed by atoms with Gasteiger partial charge in [0.1, 0.15) is 17.4 Å². The first kappa shape index (κ1) is 13.8. The molecule has 0 aliphatic heterocycles. The van der Waals surface area contributed by atoms with Crippen LogP contribution in [-0.2, 0) is 0 Å². The minimum Gasteiger partial charge on any atom is -0.497 e. The Balaban J connectivity index is 2.05. The Labute approximate surface area is 114 Å². The van der Waals surface area contributed by atoms with E-state index in [1.54, 1.807) is 24.3 Å². The number of urea groups is 1. The molecular formula is C14H12F2N2O2. The average molecular weight is 278 g/mol. The van der Waals surface area contributed by atoms with E-state index in [2.05, 4.69) is 10.6 Å². The number of ether oxygens (including phenoxy) is 1. The molecule has 4 nitrogen and oxygen atoms in total. The molecule has 0 aliphatic rings. The highest BCUT2D eigenvalue weighted by Gasteiger charge is 2.08. The van der Waals surface area contributed by atoms with Crippen molar-refractivity contribution >= 4 is 17.4 Å². The Kier molecular flexibility index (Phi) is 4.14. The molecule has 0 spiro atoms. The van der Waals surface area contributed by atoms with Gasteiger partial charge in [0.05, 0.1) is 12.8 Å². The quantitative estimate of drug-likeness (QED) is 0.901. The lowest BCUT2D eigenvalue weighted by molar-refractivity contribution is 0.262. The Morgan fingerprint density at radius 1 is 1.10 bits per heavy atom. The Morgan fingerprint density at radius 2 is 1.90 bits per heavy atom. The molecule has 0 unspecified atom stereocenters. The molecule has 0 aromatic heterocycles. The van der Waals surface area contributed by atoms with E-state index in [0.29, 0.717) is 17.5 Å². The van der Waals surface area contributed by atoms with E-state index in [-0.39, 0.29) is 5.69 Å². The first-order chi connectivity index (χ1) is 9.58. The van der Waals surface area contributed by atoms with Crippen LogP contribution in [0.25, 0.3) is 0 Å². The van der Waals surface area contributed by atoms with Crippen molar-refractivity contribution in [1.29, 1.82) is 0 Å². The standard InChI is InChI=1S/C14H12F2N2O2/c1-20-11-4-2-3-10(8-11)17-14(19)18-13-6-5-9(15)7-12(13)16/h2-8H,1H3,(H2,17,18,19). The number of halogens is 2. The topological polar surface area (TPSA) is 50.4 Å². The molecule has 2 amide bonds. The predicted octanol–water partition coefficient (Wildman–Crippen LogP) is 3.62. The summed E-state index contributed by atoms with van der Waals surface area (Å²) in [6, 6.07) is 8.96. The van der Waals surface area contributed by atoms with Gasteiger partial charge < -0.3 is 15.4 Å². The zero-order valence-corrected chi connectivity index (χ0v) is 10.6. The molecule has 20 heavy (non-hydrogen) atoms. The summed E-state index contributed by atoms with van der Waals surface area (Å²) < 4.78 is 31.1. The lowest BCUT2D eigenvalue weighted by Gasteiger charge is -2.09. The van der Waals surface area contributed by atoms with E-state index in [0.717, 1.165) is 12.1 Å². The van der Waals surface area contributed by atoms with Crippen molar-refractivity contribution in [2.24, 2.45) is 0 Å². The van der Waals surface area contributed by atoms with Crippen LogP contribution >= 0.6 is 0 Å². The monoisotopic (exact) mass is 278 g/mol. The number of carbonyl (C=O) groups is 1. The maximum Gasteiger partial charge on any atom is 0.323 e. The SMILES string of the molecule is COc1cccc(NC(=O)Nc2ccc(F)cc2F)c1. The fourth-order valence-electron chi connectivity index (χ4n) is 1.58. The molecule has 0 fully saturated rings. The van der Waals surface area contributed by atoms with Gasteiger partial charge in [0.15, 0.2) is 0 Å². The fourth-order valence-corrected chi connectivity index (χ4v) is 1.58. The van der Waals surface area contributed by atoms with Crippen LogP contribution in [0.1, 0.15) is 0 Å². The summed E-state index contributed by atoms with van der Waals surface area (Å²) in [6.07, 6.45) is 0. The van der Waals surface area contributed by atoms with E-state index in [4.69, 9.17) is 4.74 Å². The van der Waals surface area contributed by atoms with Crippen LogP contribution in [0.2, 0.25) is 0 Å². The van der Waals surface area contributed by atoms with Gasteiger partial charge in [-0.3, -0.25) is 0 Å². The maximum absolute atomic E-state index is 13.4. The number of benzene rings is 2. The van der Waals surface area contributed by atoms with E-state index >= 15 is 0 Å². The van der Waals surface area contributed by atoms with Crippen molar-refractivity contribution in [1.82, 2.24) is 0 Å². The van der Waals surface area contributed by atoms with Gasteiger partial charge in [-0.15, -0.1) is 0 Å². The molecule has 0 atom stereocenters. The summed E-state index contributed by atoms with van der Waals surface area (Å²) >= 11 is 0. The van der Waals surface area contributed by atoms with Gasteiger partial charge in [0.25, 0.3) is 0 Å². The van der Waals surface area contributed by atoms with Gasteiger partial charge in [-0.1, -0.05) is 6.07 Å². The Hall–Kier alpha value is -2.63. The normalized spacial score (nSPS) is 9.95. The van der Waals surface area contributed by atoms with Crippen LogP contribution in [0.5, 0.6) is 5.75 Å². The van der Waals surface area contributed by atoms with Crippen molar-refractivity contribution in [3.05, 3.63) is 54.1 Å². The van der Waals surface area contributed by atoms with Crippen LogP contribution in [0.3, 0.4) is 0 Å². The van der Waals surface area contributed by atoms with Crippen LogP contribution in [-0.4, -0.2) is 13.1 Å². The molecule has 6 heteroatoms. The molecule has 2 aromatic rings. The van der Waals surface area contributed by atoms with Crippen molar-refractivity contribution < 1.29 is 18.3 Å². The summed E-state index contributed by atoms with van der Waals surface area (Å²) in [4.78, 5) is 11.7. The molecule has 0 saturated heterocycles. The molecular weight excluding hydrogens is 266 g/mol. The lowest BCUT2D eigenvalue weighted by Crippen LogP contribution is -2.20.